The molecule has 0 aliphatic carbocycles. The van der Waals surface area contributed by atoms with Gasteiger partial charge in [0.2, 0.25) is 0 Å². The summed E-state index contributed by atoms with van der Waals surface area (Å²) in [4.78, 5) is 2.39. The van der Waals surface area contributed by atoms with Crippen LogP contribution in [0.2, 0.25) is 0 Å². The van der Waals surface area contributed by atoms with E-state index in [0.717, 1.165) is 31.7 Å². The molecule has 88 valence electrons. The minimum atomic E-state index is -0.120. The van der Waals surface area contributed by atoms with Gasteiger partial charge in [-0.05, 0) is 49.5 Å². The van der Waals surface area contributed by atoms with Crippen LogP contribution < -0.4 is 5.73 Å². The molecule has 2 nitrogen and oxygen atoms in total. The lowest BCUT2D eigenvalue weighted by Gasteiger charge is -2.16. The second-order valence-corrected chi connectivity index (χ2v) is 4.71. The molecule has 1 aliphatic rings. The van der Waals surface area contributed by atoms with Crippen LogP contribution in [0.15, 0.2) is 18.2 Å². The fourth-order valence-corrected chi connectivity index (χ4v) is 2.31. The number of rotatable bonds is 3. The van der Waals surface area contributed by atoms with Gasteiger partial charge >= 0.3 is 0 Å². The number of halogens is 1. The minimum Gasteiger partial charge on any atom is -0.330 e. The number of likely N-dealkylation sites (tertiary alicyclic amines) is 1. The Morgan fingerprint density at radius 2 is 2.31 bits per heavy atom. The number of nitrogens with zero attached hydrogens (tertiary/aromatic N) is 1. The Morgan fingerprint density at radius 3 is 2.94 bits per heavy atom. The van der Waals surface area contributed by atoms with E-state index in [2.05, 4.69) is 4.90 Å². The number of hydrogen-bond donors (Lipinski definition) is 1. The van der Waals surface area contributed by atoms with Crippen LogP contribution in [0.5, 0.6) is 0 Å². The van der Waals surface area contributed by atoms with Crippen LogP contribution in [-0.4, -0.2) is 24.5 Å². The summed E-state index contributed by atoms with van der Waals surface area (Å²) in [6.45, 7) is 5.69. The van der Waals surface area contributed by atoms with E-state index in [-0.39, 0.29) is 5.82 Å². The van der Waals surface area contributed by atoms with Crippen molar-refractivity contribution in [3.05, 3.63) is 35.1 Å². The lowest BCUT2D eigenvalue weighted by Crippen LogP contribution is -2.22. The summed E-state index contributed by atoms with van der Waals surface area (Å²) < 4.78 is 13.1. The number of benzene rings is 1. The molecule has 16 heavy (non-hydrogen) atoms. The Kier molecular flexibility index (Phi) is 3.56. The van der Waals surface area contributed by atoms with Crippen molar-refractivity contribution >= 4 is 0 Å². The van der Waals surface area contributed by atoms with Gasteiger partial charge < -0.3 is 5.73 Å². The van der Waals surface area contributed by atoms with E-state index in [0.29, 0.717) is 5.92 Å². The molecule has 1 unspecified atom stereocenters. The van der Waals surface area contributed by atoms with Gasteiger partial charge in [-0.1, -0.05) is 12.1 Å². The molecule has 1 fully saturated rings. The maximum absolute atomic E-state index is 13.1. The molecule has 1 aliphatic heterocycles. The smallest absolute Gasteiger partial charge is 0.126 e. The molecule has 0 radical (unpaired) electrons. The molecule has 0 bridgehead atoms. The Bertz CT molecular complexity index is 365. The van der Waals surface area contributed by atoms with Crippen LogP contribution in [0.25, 0.3) is 0 Å². The third-order valence-corrected chi connectivity index (χ3v) is 3.33. The first-order chi connectivity index (χ1) is 7.69. The predicted octanol–water partition coefficient (Wildman–Crippen LogP) is 1.91. The van der Waals surface area contributed by atoms with E-state index in [1.54, 1.807) is 6.07 Å². The van der Waals surface area contributed by atoms with Crippen molar-refractivity contribution in [1.82, 2.24) is 4.90 Å². The van der Waals surface area contributed by atoms with Gasteiger partial charge in [-0.2, -0.15) is 0 Å². The molecular formula is C13H19FN2. The molecule has 3 heteroatoms. The highest BCUT2D eigenvalue weighted by molar-refractivity contribution is 5.23. The van der Waals surface area contributed by atoms with E-state index < -0.39 is 0 Å². The average molecular weight is 222 g/mol. The standard InChI is InChI=1S/C13H19FN2/c1-10-6-11(2-3-13(10)14)8-16-5-4-12(7-15)9-16/h2-3,6,12H,4-5,7-9,15H2,1H3. The van der Waals surface area contributed by atoms with Crippen LogP contribution in [0.1, 0.15) is 17.5 Å². The first-order valence-corrected chi connectivity index (χ1v) is 5.86. The van der Waals surface area contributed by atoms with Crippen molar-refractivity contribution < 1.29 is 4.39 Å². The zero-order chi connectivity index (χ0) is 11.5. The van der Waals surface area contributed by atoms with Gasteiger partial charge in [-0.25, -0.2) is 4.39 Å². The third-order valence-electron chi connectivity index (χ3n) is 3.33. The van der Waals surface area contributed by atoms with Crippen LogP contribution in [0.4, 0.5) is 4.39 Å². The number of hydrogen-bond acceptors (Lipinski definition) is 2. The Balaban J connectivity index is 1.97. The van der Waals surface area contributed by atoms with Crippen molar-refractivity contribution in [1.29, 1.82) is 0 Å². The predicted molar refractivity (Wildman–Crippen MR) is 63.6 cm³/mol. The van der Waals surface area contributed by atoms with Gasteiger partial charge in [-0.15, -0.1) is 0 Å². The molecule has 2 N–H and O–H groups in total. The van der Waals surface area contributed by atoms with E-state index in [1.807, 2.05) is 19.1 Å². The third kappa shape index (κ3) is 2.60. The SMILES string of the molecule is Cc1cc(CN2CCC(CN)C2)ccc1F. The van der Waals surface area contributed by atoms with Gasteiger partial charge in [0, 0.05) is 13.1 Å². The lowest BCUT2D eigenvalue weighted by atomic mass is 10.1. The van der Waals surface area contributed by atoms with Crippen molar-refractivity contribution in [3.8, 4) is 0 Å². The molecule has 0 aromatic heterocycles. The molecule has 1 aromatic rings. The van der Waals surface area contributed by atoms with E-state index in [9.17, 15) is 4.39 Å². The first kappa shape index (κ1) is 11.6. The van der Waals surface area contributed by atoms with Crippen molar-refractivity contribution in [3.63, 3.8) is 0 Å². The normalized spacial score (nSPS) is 21.6. The topological polar surface area (TPSA) is 29.3 Å². The van der Waals surface area contributed by atoms with Crippen molar-refractivity contribution in [2.24, 2.45) is 11.7 Å². The van der Waals surface area contributed by atoms with Gasteiger partial charge in [-0.3, -0.25) is 4.90 Å². The fourth-order valence-electron chi connectivity index (χ4n) is 2.31. The number of nitrogens with two attached hydrogens (primary N) is 1. The fraction of sp³-hybridized carbons (Fsp3) is 0.538. The van der Waals surface area contributed by atoms with Crippen molar-refractivity contribution in [2.75, 3.05) is 19.6 Å². The highest BCUT2D eigenvalue weighted by Crippen LogP contribution is 2.18. The van der Waals surface area contributed by atoms with E-state index in [4.69, 9.17) is 5.73 Å². The molecule has 1 atom stereocenters. The summed E-state index contributed by atoms with van der Waals surface area (Å²) in [7, 11) is 0. The Morgan fingerprint density at radius 1 is 1.50 bits per heavy atom. The molecule has 0 amide bonds. The van der Waals surface area contributed by atoms with E-state index in [1.165, 1.54) is 12.0 Å². The molecule has 2 rings (SSSR count). The first-order valence-electron chi connectivity index (χ1n) is 5.86. The van der Waals surface area contributed by atoms with Gasteiger partial charge in [0.25, 0.3) is 0 Å². The maximum atomic E-state index is 13.1. The summed E-state index contributed by atoms with van der Waals surface area (Å²) >= 11 is 0. The minimum absolute atomic E-state index is 0.120. The quantitative estimate of drug-likeness (QED) is 0.846. The molecule has 0 spiro atoms. The molecular weight excluding hydrogens is 203 g/mol. The summed E-state index contributed by atoms with van der Waals surface area (Å²) in [5, 5.41) is 0. The largest absolute Gasteiger partial charge is 0.330 e. The summed E-state index contributed by atoms with van der Waals surface area (Å²) in [5.41, 5.74) is 7.58. The lowest BCUT2D eigenvalue weighted by molar-refractivity contribution is 0.317. The van der Waals surface area contributed by atoms with Crippen LogP contribution in [0.3, 0.4) is 0 Å². The Hall–Kier alpha value is -0.930. The molecule has 0 saturated carbocycles. The summed E-state index contributed by atoms with van der Waals surface area (Å²) in [5.74, 6) is 0.520. The van der Waals surface area contributed by atoms with Crippen molar-refractivity contribution in [2.45, 2.75) is 19.9 Å². The average Bonchev–Trinajstić information content (AvgIpc) is 2.71. The van der Waals surface area contributed by atoms with Gasteiger partial charge in [0.05, 0.1) is 0 Å². The summed E-state index contributed by atoms with van der Waals surface area (Å²) in [6, 6.07) is 5.37. The Labute approximate surface area is 96.2 Å². The second-order valence-electron chi connectivity index (χ2n) is 4.71. The summed E-state index contributed by atoms with van der Waals surface area (Å²) in [6.07, 6.45) is 1.19. The molecule has 1 heterocycles. The van der Waals surface area contributed by atoms with Crippen LogP contribution >= 0.6 is 0 Å². The number of aryl methyl sites for hydroxylation is 1. The molecule has 1 aromatic carbocycles. The van der Waals surface area contributed by atoms with E-state index >= 15 is 0 Å². The van der Waals surface area contributed by atoms with Gasteiger partial charge in [0.15, 0.2) is 0 Å². The van der Waals surface area contributed by atoms with Gasteiger partial charge in [0.1, 0.15) is 5.82 Å². The monoisotopic (exact) mass is 222 g/mol. The zero-order valence-corrected chi connectivity index (χ0v) is 9.75. The highest BCUT2D eigenvalue weighted by Gasteiger charge is 2.20. The zero-order valence-electron chi connectivity index (χ0n) is 9.75. The molecule has 1 saturated heterocycles. The van der Waals surface area contributed by atoms with Crippen LogP contribution in [0, 0.1) is 18.7 Å². The highest BCUT2D eigenvalue weighted by atomic mass is 19.1. The maximum Gasteiger partial charge on any atom is 0.126 e. The van der Waals surface area contributed by atoms with Crippen LogP contribution in [-0.2, 0) is 6.54 Å². The second kappa shape index (κ2) is 4.93.